The van der Waals surface area contributed by atoms with Gasteiger partial charge >= 0.3 is 0 Å². The van der Waals surface area contributed by atoms with Gasteiger partial charge in [-0.2, -0.15) is 0 Å². The molecule has 17 heavy (non-hydrogen) atoms. The summed E-state index contributed by atoms with van der Waals surface area (Å²) in [6, 6.07) is 12.9. The molecule has 2 rings (SSSR count). The van der Waals surface area contributed by atoms with Gasteiger partial charge in [0.05, 0.1) is 0 Å². The Morgan fingerprint density at radius 2 is 1.71 bits per heavy atom. The SMILES string of the molecule is Nc1ccc(C(=O)Cc2ccccc2F)cc1. The zero-order valence-electron chi connectivity index (χ0n) is 9.19. The van der Waals surface area contributed by atoms with Crippen molar-refractivity contribution >= 4 is 11.5 Å². The van der Waals surface area contributed by atoms with Gasteiger partial charge in [0.25, 0.3) is 0 Å². The summed E-state index contributed by atoms with van der Waals surface area (Å²) < 4.78 is 13.4. The molecule has 2 N–H and O–H groups in total. The molecule has 2 nitrogen and oxygen atoms in total. The van der Waals surface area contributed by atoms with Crippen molar-refractivity contribution in [2.24, 2.45) is 0 Å². The molecule has 0 aromatic heterocycles. The Balaban J connectivity index is 2.17. The Kier molecular flexibility index (Phi) is 3.19. The van der Waals surface area contributed by atoms with Crippen LogP contribution in [0.3, 0.4) is 0 Å². The number of Topliss-reactive ketones (excluding diaryl/α,β-unsaturated/α-hetero) is 1. The van der Waals surface area contributed by atoms with E-state index in [9.17, 15) is 9.18 Å². The molecular weight excluding hydrogens is 217 g/mol. The minimum Gasteiger partial charge on any atom is -0.399 e. The molecule has 0 radical (unpaired) electrons. The van der Waals surface area contributed by atoms with Crippen LogP contribution in [-0.2, 0) is 6.42 Å². The molecule has 0 heterocycles. The number of carbonyl (C=O) groups excluding carboxylic acids is 1. The number of rotatable bonds is 3. The summed E-state index contributed by atoms with van der Waals surface area (Å²) in [5, 5.41) is 0. The van der Waals surface area contributed by atoms with E-state index in [-0.39, 0.29) is 18.0 Å². The fourth-order valence-corrected chi connectivity index (χ4v) is 1.59. The van der Waals surface area contributed by atoms with E-state index < -0.39 is 0 Å². The van der Waals surface area contributed by atoms with Crippen LogP contribution in [0.4, 0.5) is 10.1 Å². The number of hydrogen-bond acceptors (Lipinski definition) is 2. The summed E-state index contributed by atoms with van der Waals surface area (Å²) in [5.41, 5.74) is 7.09. The van der Waals surface area contributed by atoms with Crippen LogP contribution in [0.5, 0.6) is 0 Å². The fraction of sp³-hybridized carbons (Fsp3) is 0.0714. The first-order valence-electron chi connectivity index (χ1n) is 5.29. The molecule has 0 atom stereocenters. The van der Waals surface area contributed by atoms with Gasteiger partial charge in [-0.3, -0.25) is 4.79 Å². The van der Waals surface area contributed by atoms with Crippen molar-refractivity contribution in [2.75, 3.05) is 5.73 Å². The number of nitrogen functional groups attached to an aromatic ring is 1. The zero-order valence-corrected chi connectivity index (χ0v) is 9.19. The van der Waals surface area contributed by atoms with Crippen molar-refractivity contribution in [1.82, 2.24) is 0 Å². The quantitative estimate of drug-likeness (QED) is 0.649. The molecule has 0 saturated heterocycles. The molecule has 0 aliphatic rings. The summed E-state index contributed by atoms with van der Waals surface area (Å²) >= 11 is 0. The highest BCUT2D eigenvalue weighted by molar-refractivity contribution is 5.97. The molecule has 0 aliphatic heterocycles. The fourth-order valence-electron chi connectivity index (χ4n) is 1.59. The van der Waals surface area contributed by atoms with E-state index in [0.29, 0.717) is 16.8 Å². The molecule has 0 amide bonds. The minimum absolute atomic E-state index is 0.0661. The van der Waals surface area contributed by atoms with Crippen molar-refractivity contribution < 1.29 is 9.18 Å². The van der Waals surface area contributed by atoms with Crippen LogP contribution in [-0.4, -0.2) is 5.78 Å². The second-order valence-electron chi connectivity index (χ2n) is 3.81. The lowest BCUT2D eigenvalue weighted by atomic mass is 10.0. The number of anilines is 1. The van der Waals surface area contributed by atoms with Crippen LogP contribution < -0.4 is 5.73 Å². The van der Waals surface area contributed by atoms with Crippen molar-refractivity contribution in [3.05, 3.63) is 65.5 Å². The average Bonchev–Trinajstić information content (AvgIpc) is 2.33. The first-order valence-corrected chi connectivity index (χ1v) is 5.29. The maximum atomic E-state index is 13.4. The molecular formula is C14H12FNO. The van der Waals surface area contributed by atoms with Crippen LogP contribution in [0.1, 0.15) is 15.9 Å². The van der Waals surface area contributed by atoms with Gasteiger partial charge in [0.2, 0.25) is 0 Å². The van der Waals surface area contributed by atoms with Gasteiger partial charge in [-0.1, -0.05) is 18.2 Å². The van der Waals surface area contributed by atoms with Crippen molar-refractivity contribution in [2.45, 2.75) is 6.42 Å². The molecule has 3 heteroatoms. The maximum Gasteiger partial charge on any atom is 0.167 e. The lowest BCUT2D eigenvalue weighted by Crippen LogP contribution is -2.05. The number of hydrogen-bond donors (Lipinski definition) is 1. The minimum atomic E-state index is -0.351. The van der Waals surface area contributed by atoms with E-state index in [1.807, 2.05) is 0 Å². The summed E-state index contributed by atoms with van der Waals surface area (Å²) in [6.45, 7) is 0. The summed E-state index contributed by atoms with van der Waals surface area (Å²) in [4.78, 5) is 11.9. The van der Waals surface area contributed by atoms with E-state index >= 15 is 0 Å². The second kappa shape index (κ2) is 4.78. The van der Waals surface area contributed by atoms with Crippen molar-refractivity contribution in [1.29, 1.82) is 0 Å². The Morgan fingerprint density at radius 3 is 2.35 bits per heavy atom. The van der Waals surface area contributed by atoms with Crippen LogP contribution in [0.25, 0.3) is 0 Å². The number of benzene rings is 2. The van der Waals surface area contributed by atoms with Crippen molar-refractivity contribution in [3.63, 3.8) is 0 Å². The largest absolute Gasteiger partial charge is 0.399 e. The molecule has 0 fully saturated rings. The highest BCUT2D eigenvalue weighted by atomic mass is 19.1. The molecule has 2 aromatic carbocycles. The molecule has 0 saturated carbocycles. The van der Waals surface area contributed by atoms with E-state index in [0.717, 1.165) is 0 Å². The maximum absolute atomic E-state index is 13.4. The number of halogens is 1. The lowest BCUT2D eigenvalue weighted by molar-refractivity contribution is 0.0992. The summed E-state index contributed by atoms with van der Waals surface area (Å²) in [5.74, 6) is -0.466. The van der Waals surface area contributed by atoms with E-state index in [4.69, 9.17) is 5.73 Å². The van der Waals surface area contributed by atoms with Crippen LogP contribution in [0.2, 0.25) is 0 Å². The van der Waals surface area contributed by atoms with Gasteiger partial charge in [-0.15, -0.1) is 0 Å². The number of carbonyl (C=O) groups is 1. The third kappa shape index (κ3) is 2.69. The zero-order chi connectivity index (χ0) is 12.3. The van der Waals surface area contributed by atoms with E-state index in [2.05, 4.69) is 0 Å². The van der Waals surface area contributed by atoms with E-state index in [1.54, 1.807) is 42.5 Å². The van der Waals surface area contributed by atoms with Gasteiger partial charge in [-0.05, 0) is 35.9 Å². The second-order valence-corrected chi connectivity index (χ2v) is 3.81. The average molecular weight is 229 g/mol. The topological polar surface area (TPSA) is 43.1 Å². The van der Waals surface area contributed by atoms with Crippen molar-refractivity contribution in [3.8, 4) is 0 Å². The Morgan fingerprint density at radius 1 is 1.06 bits per heavy atom. The number of nitrogens with two attached hydrogens (primary N) is 1. The molecule has 86 valence electrons. The standard InChI is InChI=1S/C14H12FNO/c15-13-4-2-1-3-11(13)9-14(17)10-5-7-12(16)8-6-10/h1-8H,9,16H2. The third-order valence-corrected chi connectivity index (χ3v) is 2.54. The van der Waals surface area contributed by atoms with Crippen LogP contribution in [0, 0.1) is 5.82 Å². The molecule has 0 aliphatic carbocycles. The predicted molar refractivity (Wildman–Crippen MR) is 65.3 cm³/mol. The van der Waals surface area contributed by atoms with Gasteiger partial charge < -0.3 is 5.73 Å². The third-order valence-electron chi connectivity index (χ3n) is 2.54. The predicted octanol–water partition coefficient (Wildman–Crippen LogP) is 2.83. The lowest BCUT2D eigenvalue weighted by Gasteiger charge is -2.03. The van der Waals surface area contributed by atoms with Gasteiger partial charge in [0.1, 0.15) is 5.82 Å². The van der Waals surface area contributed by atoms with Crippen LogP contribution >= 0.6 is 0 Å². The molecule has 0 spiro atoms. The number of ketones is 1. The first kappa shape index (κ1) is 11.3. The molecule has 2 aromatic rings. The molecule has 0 unspecified atom stereocenters. The summed E-state index contributed by atoms with van der Waals surface area (Å²) in [6.07, 6.45) is 0.0661. The summed E-state index contributed by atoms with van der Waals surface area (Å²) in [7, 11) is 0. The normalized spacial score (nSPS) is 10.2. The van der Waals surface area contributed by atoms with Gasteiger partial charge in [0.15, 0.2) is 5.78 Å². The smallest absolute Gasteiger partial charge is 0.167 e. The highest BCUT2D eigenvalue weighted by Gasteiger charge is 2.09. The Bertz CT molecular complexity index is 534. The Labute approximate surface area is 98.9 Å². The highest BCUT2D eigenvalue weighted by Crippen LogP contribution is 2.12. The van der Waals surface area contributed by atoms with Crippen LogP contribution in [0.15, 0.2) is 48.5 Å². The van der Waals surface area contributed by atoms with E-state index in [1.165, 1.54) is 6.07 Å². The molecule has 0 bridgehead atoms. The first-order chi connectivity index (χ1) is 8.16. The van der Waals surface area contributed by atoms with Gasteiger partial charge in [-0.25, -0.2) is 4.39 Å². The van der Waals surface area contributed by atoms with Gasteiger partial charge in [0, 0.05) is 17.7 Å². The monoisotopic (exact) mass is 229 g/mol. The Hall–Kier alpha value is -2.16.